The fourth-order valence-corrected chi connectivity index (χ4v) is 2.94. The molecule has 0 aromatic heterocycles. The van der Waals surface area contributed by atoms with Crippen molar-refractivity contribution >= 4 is 11.8 Å². The third-order valence-corrected chi connectivity index (χ3v) is 3.54. The molecule has 1 nitrogen and oxygen atoms in total. The summed E-state index contributed by atoms with van der Waals surface area (Å²) in [4.78, 5) is 0. The van der Waals surface area contributed by atoms with Crippen molar-refractivity contribution in [3.63, 3.8) is 0 Å². The SMILES string of the molecule is C1CC2(CCSCC2)N1. The molecule has 0 amide bonds. The maximum Gasteiger partial charge on any atom is 0.0209 e. The van der Waals surface area contributed by atoms with E-state index in [-0.39, 0.29) is 0 Å². The molecule has 0 bridgehead atoms. The van der Waals surface area contributed by atoms with E-state index in [1.54, 1.807) is 0 Å². The van der Waals surface area contributed by atoms with Gasteiger partial charge in [-0.1, -0.05) is 0 Å². The molecule has 52 valence electrons. The molecule has 0 aromatic rings. The summed E-state index contributed by atoms with van der Waals surface area (Å²) < 4.78 is 0. The molecule has 0 saturated carbocycles. The number of thioether (sulfide) groups is 1. The first-order valence-corrected chi connectivity index (χ1v) is 4.90. The van der Waals surface area contributed by atoms with Gasteiger partial charge in [0.1, 0.15) is 0 Å². The summed E-state index contributed by atoms with van der Waals surface area (Å²) in [7, 11) is 0. The minimum atomic E-state index is 0.630. The Morgan fingerprint density at radius 3 is 2.11 bits per heavy atom. The van der Waals surface area contributed by atoms with Gasteiger partial charge in [0.05, 0.1) is 0 Å². The maximum absolute atomic E-state index is 3.55. The predicted octanol–water partition coefficient (Wildman–Crippen LogP) is 1.25. The van der Waals surface area contributed by atoms with Crippen molar-refractivity contribution in [2.75, 3.05) is 18.1 Å². The monoisotopic (exact) mass is 143 g/mol. The van der Waals surface area contributed by atoms with Crippen molar-refractivity contribution in [1.29, 1.82) is 0 Å². The van der Waals surface area contributed by atoms with Crippen LogP contribution in [0.25, 0.3) is 0 Å². The Balaban J connectivity index is 1.93. The largest absolute Gasteiger partial charge is 0.311 e. The zero-order valence-corrected chi connectivity index (χ0v) is 6.47. The first kappa shape index (κ1) is 6.05. The molecule has 0 atom stereocenters. The molecule has 0 unspecified atom stereocenters. The van der Waals surface area contributed by atoms with Gasteiger partial charge in [-0.2, -0.15) is 11.8 Å². The second kappa shape index (κ2) is 2.17. The van der Waals surface area contributed by atoms with Crippen molar-refractivity contribution in [2.45, 2.75) is 24.8 Å². The fraction of sp³-hybridized carbons (Fsp3) is 1.00. The molecule has 2 aliphatic rings. The molecule has 0 radical (unpaired) electrons. The molecular formula is C7H13NS. The Bertz CT molecular complexity index is 101. The molecule has 2 fully saturated rings. The van der Waals surface area contributed by atoms with Crippen LogP contribution < -0.4 is 5.32 Å². The van der Waals surface area contributed by atoms with Gasteiger partial charge in [0.2, 0.25) is 0 Å². The summed E-state index contributed by atoms with van der Waals surface area (Å²) in [5.41, 5.74) is 0.630. The normalized spacial score (nSPS) is 32.0. The van der Waals surface area contributed by atoms with E-state index >= 15 is 0 Å². The minimum Gasteiger partial charge on any atom is -0.311 e. The van der Waals surface area contributed by atoms with E-state index < -0.39 is 0 Å². The standard InChI is InChI=1S/C7H13NS/c1-4-8-7(1)2-5-9-6-3-7/h8H,1-6H2. The third-order valence-electron chi connectivity index (χ3n) is 2.55. The molecule has 0 aliphatic carbocycles. The first-order chi connectivity index (χ1) is 4.41. The van der Waals surface area contributed by atoms with E-state index in [0.29, 0.717) is 5.54 Å². The lowest BCUT2D eigenvalue weighted by Crippen LogP contribution is -2.58. The summed E-state index contributed by atoms with van der Waals surface area (Å²) in [5.74, 6) is 2.76. The van der Waals surface area contributed by atoms with Gasteiger partial charge in [-0.15, -0.1) is 0 Å². The van der Waals surface area contributed by atoms with Crippen LogP contribution in [0.3, 0.4) is 0 Å². The van der Waals surface area contributed by atoms with Crippen LogP contribution in [0.4, 0.5) is 0 Å². The van der Waals surface area contributed by atoms with Crippen molar-refractivity contribution in [3.05, 3.63) is 0 Å². The zero-order chi connectivity index (χ0) is 6.16. The Morgan fingerprint density at radius 1 is 1.11 bits per heavy atom. The number of hydrogen-bond donors (Lipinski definition) is 1. The molecule has 1 spiro atoms. The number of rotatable bonds is 0. The highest BCUT2D eigenvalue weighted by molar-refractivity contribution is 7.99. The van der Waals surface area contributed by atoms with Gasteiger partial charge in [0.15, 0.2) is 0 Å². The van der Waals surface area contributed by atoms with E-state index in [0.717, 1.165) is 0 Å². The van der Waals surface area contributed by atoms with E-state index in [2.05, 4.69) is 17.1 Å². The van der Waals surface area contributed by atoms with Gasteiger partial charge in [0, 0.05) is 5.54 Å². The Morgan fingerprint density at radius 2 is 1.78 bits per heavy atom. The first-order valence-electron chi connectivity index (χ1n) is 3.74. The summed E-state index contributed by atoms with van der Waals surface area (Å²) in [6, 6.07) is 0. The van der Waals surface area contributed by atoms with Crippen LogP contribution in [0.5, 0.6) is 0 Å². The van der Waals surface area contributed by atoms with Gasteiger partial charge >= 0.3 is 0 Å². The summed E-state index contributed by atoms with van der Waals surface area (Å²) in [6.45, 7) is 1.27. The van der Waals surface area contributed by atoms with Crippen molar-refractivity contribution < 1.29 is 0 Å². The van der Waals surface area contributed by atoms with E-state index in [1.165, 1.54) is 37.3 Å². The maximum atomic E-state index is 3.55. The topological polar surface area (TPSA) is 12.0 Å². The molecule has 1 N–H and O–H groups in total. The molecule has 2 aliphatic heterocycles. The number of nitrogens with one attached hydrogen (secondary N) is 1. The highest BCUT2D eigenvalue weighted by Crippen LogP contribution is 2.33. The highest BCUT2D eigenvalue weighted by Gasteiger charge is 2.36. The quantitative estimate of drug-likeness (QED) is 0.547. The Labute approximate surface area is 60.6 Å². The smallest absolute Gasteiger partial charge is 0.0209 e. The van der Waals surface area contributed by atoms with Crippen molar-refractivity contribution in [3.8, 4) is 0 Å². The molecule has 2 heterocycles. The molecule has 2 heteroatoms. The van der Waals surface area contributed by atoms with Crippen LogP contribution >= 0.6 is 11.8 Å². The van der Waals surface area contributed by atoms with Gasteiger partial charge in [-0.25, -0.2) is 0 Å². The van der Waals surface area contributed by atoms with E-state index in [4.69, 9.17) is 0 Å². The van der Waals surface area contributed by atoms with E-state index in [9.17, 15) is 0 Å². The van der Waals surface area contributed by atoms with Crippen LogP contribution in [0.1, 0.15) is 19.3 Å². The average Bonchev–Trinajstić information content (AvgIpc) is 1.87. The van der Waals surface area contributed by atoms with Crippen LogP contribution in [0, 0.1) is 0 Å². The lowest BCUT2D eigenvalue weighted by Gasteiger charge is -2.45. The lowest BCUT2D eigenvalue weighted by atomic mass is 9.82. The highest BCUT2D eigenvalue weighted by atomic mass is 32.2. The molecule has 0 aromatic carbocycles. The minimum absolute atomic E-state index is 0.630. The third kappa shape index (κ3) is 0.987. The lowest BCUT2D eigenvalue weighted by molar-refractivity contribution is 0.191. The van der Waals surface area contributed by atoms with Gasteiger partial charge < -0.3 is 5.32 Å². The Kier molecular flexibility index (Phi) is 1.46. The van der Waals surface area contributed by atoms with Crippen LogP contribution in [0.2, 0.25) is 0 Å². The van der Waals surface area contributed by atoms with Crippen LogP contribution in [-0.2, 0) is 0 Å². The Hall–Kier alpha value is 0.310. The average molecular weight is 143 g/mol. The van der Waals surface area contributed by atoms with Gasteiger partial charge in [-0.3, -0.25) is 0 Å². The van der Waals surface area contributed by atoms with Crippen molar-refractivity contribution in [1.82, 2.24) is 5.32 Å². The predicted molar refractivity (Wildman–Crippen MR) is 41.9 cm³/mol. The van der Waals surface area contributed by atoms with Crippen LogP contribution in [-0.4, -0.2) is 23.6 Å². The second-order valence-corrected chi connectivity index (χ2v) is 4.29. The number of hydrogen-bond acceptors (Lipinski definition) is 2. The summed E-state index contributed by atoms with van der Waals surface area (Å²) >= 11 is 2.11. The van der Waals surface area contributed by atoms with E-state index in [1.807, 2.05) is 0 Å². The van der Waals surface area contributed by atoms with Gasteiger partial charge in [0.25, 0.3) is 0 Å². The summed E-state index contributed by atoms with van der Waals surface area (Å²) in [5, 5.41) is 3.55. The van der Waals surface area contributed by atoms with Gasteiger partial charge in [-0.05, 0) is 37.3 Å². The molecule has 9 heavy (non-hydrogen) atoms. The van der Waals surface area contributed by atoms with Crippen molar-refractivity contribution in [2.24, 2.45) is 0 Å². The second-order valence-electron chi connectivity index (χ2n) is 3.07. The zero-order valence-electron chi connectivity index (χ0n) is 5.65. The molecular weight excluding hydrogens is 130 g/mol. The summed E-state index contributed by atoms with van der Waals surface area (Å²) in [6.07, 6.45) is 4.27. The molecule has 2 rings (SSSR count). The van der Waals surface area contributed by atoms with Crippen LogP contribution in [0.15, 0.2) is 0 Å². The molecule has 2 saturated heterocycles. The fourth-order valence-electron chi connectivity index (χ4n) is 1.67.